The fourth-order valence-corrected chi connectivity index (χ4v) is 2.13. The van der Waals surface area contributed by atoms with E-state index in [0.29, 0.717) is 23.7 Å². The molecule has 2 rings (SSSR count). The van der Waals surface area contributed by atoms with E-state index in [1.807, 2.05) is 32.0 Å². The van der Waals surface area contributed by atoms with E-state index in [1.54, 1.807) is 24.3 Å². The second-order valence-corrected chi connectivity index (χ2v) is 5.25. The third-order valence-corrected chi connectivity index (χ3v) is 3.52. The van der Waals surface area contributed by atoms with E-state index in [9.17, 15) is 4.79 Å². The molecule has 2 aromatic rings. The number of hydrogen-bond acceptors (Lipinski definition) is 2. The second-order valence-electron chi connectivity index (χ2n) is 4.81. The van der Waals surface area contributed by atoms with Crippen molar-refractivity contribution >= 4 is 17.5 Å². The van der Waals surface area contributed by atoms with Crippen molar-refractivity contribution in [2.24, 2.45) is 0 Å². The summed E-state index contributed by atoms with van der Waals surface area (Å²) in [5, 5.41) is 3.36. The van der Waals surface area contributed by atoms with Gasteiger partial charge in [0.25, 0.3) is 5.91 Å². The van der Waals surface area contributed by atoms with Gasteiger partial charge in [0.1, 0.15) is 12.4 Å². The van der Waals surface area contributed by atoms with Crippen LogP contribution in [0.3, 0.4) is 0 Å². The summed E-state index contributed by atoms with van der Waals surface area (Å²) in [5.41, 5.74) is 2.86. The molecule has 3 nitrogen and oxygen atoms in total. The standard InChI is InChI=1S/C17H18ClNO2/c1-12-5-3-8-16(13(12)2)21-10-9-19-17(20)14-6-4-7-15(18)11-14/h3-8,11H,9-10H2,1-2H3,(H,19,20). The lowest BCUT2D eigenvalue weighted by atomic mass is 10.1. The molecule has 0 heterocycles. The number of carbonyl (C=O) groups excluding carboxylic acids is 1. The highest BCUT2D eigenvalue weighted by Crippen LogP contribution is 2.20. The molecule has 0 bridgehead atoms. The number of amides is 1. The average molecular weight is 304 g/mol. The molecule has 0 aliphatic carbocycles. The monoisotopic (exact) mass is 303 g/mol. The molecule has 0 aromatic heterocycles. The molecule has 0 atom stereocenters. The third kappa shape index (κ3) is 4.23. The maximum Gasteiger partial charge on any atom is 0.251 e. The van der Waals surface area contributed by atoms with E-state index in [-0.39, 0.29) is 5.91 Å². The molecule has 0 aliphatic heterocycles. The molecule has 1 N–H and O–H groups in total. The van der Waals surface area contributed by atoms with Crippen molar-refractivity contribution in [2.75, 3.05) is 13.2 Å². The molecule has 2 aromatic carbocycles. The van der Waals surface area contributed by atoms with Crippen molar-refractivity contribution in [2.45, 2.75) is 13.8 Å². The number of hydrogen-bond donors (Lipinski definition) is 1. The number of rotatable bonds is 5. The second kappa shape index (κ2) is 7.14. The van der Waals surface area contributed by atoms with Crippen LogP contribution in [0.5, 0.6) is 5.75 Å². The van der Waals surface area contributed by atoms with Gasteiger partial charge in [-0.2, -0.15) is 0 Å². The number of aryl methyl sites for hydroxylation is 1. The van der Waals surface area contributed by atoms with Crippen LogP contribution in [0.4, 0.5) is 0 Å². The zero-order chi connectivity index (χ0) is 15.2. The fourth-order valence-electron chi connectivity index (χ4n) is 1.94. The van der Waals surface area contributed by atoms with Gasteiger partial charge in [0.05, 0.1) is 6.54 Å². The third-order valence-electron chi connectivity index (χ3n) is 3.29. The first-order valence-corrected chi connectivity index (χ1v) is 7.18. The summed E-state index contributed by atoms with van der Waals surface area (Å²) < 4.78 is 5.69. The Kier molecular flexibility index (Phi) is 5.23. The maximum absolute atomic E-state index is 11.9. The lowest BCUT2D eigenvalue weighted by Gasteiger charge is -2.11. The number of ether oxygens (including phenoxy) is 1. The Morgan fingerprint density at radius 2 is 1.95 bits per heavy atom. The van der Waals surface area contributed by atoms with Crippen LogP contribution >= 0.6 is 11.6 Å². The number of nitrogens with one attached hydrogen (secondary N) is 1. The normalized spacial score (nSPS) is 10.2. The minimum Gasteiger partial charge on any atom is -0.491 e. The zero-order valence-corrected chi connectivity index (χ0v) is 12.9. The van der Waals surface area contributed by atoms with Gasteiger partial charge in [-0.3, -0.25) is 4.79 Å². The molecule has 110 valence electrons. The molecule has 0 aliphatic rings. The van der Waals surface area contributed by atoms with E-state index >= 15 is 0 Å². The highest BCUT2D eigenvalue weighted by Gasteiger charge is 2.06. The predicted molar refractivity (Wildman–Crippen MR) is 85.2 cm³/mol. The molecule has 21 heavy (non-hydrogen) atoms. The van der Waals surface area contributed by atoms with Gasteiger partial charge in [-0.1, -0.05) is 29.8 Å². The van der Waals surface area contributed by atoms with Crippen molar-refractivity contribution < 1.29 is 9.53 Å². The Labute approximate surface area is 129 Å². The van der Waals surface area contributed by atoms with Crippen LogP contribution in [0.15, 0.2) is 42.5 Å². The van der Waals surface area contributed by atoms with Gasteiger partial charge in [0, 0.05) is 10.6 Å². The molecular weight excluding hydrogens is 286 g/mol. The lowest BCUT2D eigenvalue weighted by molar-refractivity contribution is 0.0947. The van der Waals surface area contributed by atoms with Gasteiger partial charge in [-0.15, -0.1) is 0 Å². The minimum absolute atomic E-state index is 0.151. The van der Waals surface area contributed by atoms with Crippen molar-refractivity contribution in [3.05, 3.63) is 64.2 Å². The number of carbonyl (C=O) groups is 1. The molecule has 0 saturated heterocycles. The summed E-state index contributed by atoms with van der Waals surface area (Å²) in [7, 11) is 0. The summed E-state index contributed by atoms with van der Waals surface area (Å²) in [6, 6.07) is 12.8. The van der Waals surface area contributed by atoms with Gasteiger partial charge in [-0.05, 0) is 49.2 Å². The molecule has 0 radical (unpaired) electrons. The van der Waals surface area contributed by atoms with Crippen LogP contribution in [-0.2, 0) is 0 Å². The van der Waals surface area contributed by atoms with E-state index in [0.717, 1.165) is 11.3 Å². The summed E-state index contributed by atoms with van der Waals surface area (Å²) in [6.45, 7) is 4.94. The molecule has 0 saturated carbocycles. The lowest BCUT2D eigenvalue weighted by Crippen LogP contribution is -2.28. The van der Waals surface area contributed by atoms with Crippen LogP contribution in [0.25, 0.3) is 0 Å². The van der Waals surface area contributed by atoms with E-state index < -0.39 is 0 Å². The molecular formula is C17H18ClNO2. The first-order chi connectivity index (χ1) is 10.1. The zero-order valence-electron chi connectivity index (χ0n) is 12.2. The molecule has 0 unspecified atom stereocenters. The van der Waals surface area contributed by atoms with Gasteiger partial charge >= 0.3 is 0 Å². The SMILES string of the molecule is Cc1cccc(OCCNC(=O)c2cccc(Cl)c2)c1C. The Morgan fingerprint density at radius 3 is 2.71 bits per heavy atom. The first-order valence-electron chi connectivity index (χ1n) is 6.80. The van der Waals surface area contributed by atoms with Crippen LogP contribution in [0, 0.1) is 13.8 Å². The van der Waals surface area contributed by atoms with Gasteiger partial charge < -0.3 is 10.1 Å². The van der Waals surface area contributed by atoms with Crippen molar-refractivity contribution in [1.82, 2.24) is 5.32 Å². The molecule has 4 heteroatoms. The van der Waals surface area contributed by atoms with Crippen molar-refractivity contribution in [1.29, 1.82) is 0 Å². The highest BCUT2D eigenvalue weighted by molar-refractivity contribution is 6.30. The van der Waals surface area contributed by atoms with Crippen molar-refractivity contribution in [3.8, 4) is 5.75 Å². The Balaban J connectivity index is 1.82. The van der Waals surface area contributed by atoms with Gasteiger partial charge in [-0.25, -0.2) is 0 Å². The van der Waals surface area contributed by atoms with Crippen LogP contribution in [0.1, 0.15) is 21.5 Å². The van der Waals surface area contributed by atoms with E-state index in [1.165, 1.54) is 5.56 Å². The summed E-state index contributed by atoms with van der Waals surface area (Å²) in [6.07, 6.45) is 0. The summed E-state index contributed by atoms with van der Waals surface area (Å²) in [5.74, 6) is 0.703. The summed E-state index contributed by atoms with van der Waals surface area (Å²) >= 11 is 5.86. The maximum atomic E-state index is 11.9. The van der Waals surface area contributed by atoms with Crippen LogP contribution in [0.2, 0.25) is 5.02 Å². The quantitative estimate of drug-likeness (QED) is 0.854. The van der Waals surface area contributed by atoms with Crippen molar-refractivity contribution in [3.63, 3.8) is 0 Å². The van der Waals surface area contributed by atoms with Crippen LogP contribution in [-0.4, -0.2) is 19.1 Å². The topological polar surface area (TPSA) is 38.3 Å². The highest BCUT2D eigenvalue weighted by atomic mass is 35.5. The Morgan fingerprint density at radius 1 is 1.19 bits per heavy atom. The van der Waals surface area contributed by atoms with E-state index in [2.05, 4.69) is 5.32 Å². The predicted octanol–water partition coefficient (Wildman–Crippen LogP) is 3.77. The fraction of sp³-hybridized carbons (Fsp3) is 0.235. The average Bonchev–Trinajstić information content (AvgIpc) is 2.47. The minimum atomic E-state index is -0.151. The van der Waals surface area contributed by atoms with E-state index in [4.69, 9.17) is 16.3 Å². The number of benzene rings is 2. The van der Waals surface area contributed by atoms with Crippen LogP contribution < -0.4 is 10.1 Å². The Bertz CT molecular complexity index is 640. The first kappa shape index (κ1) is 15.4. The Hall–Kier alpha value is -2.00. The summed E-state index contributed by atoms with van der Waals surface area (Å²) in [4.78, 5) is 11.9. The smallest absolute Gasteiger partial charge is 0.251 e. The molecule has 1 amide bonds. The molecule has 0 spiro atoms. The largest absolute Gasteiger partial charge is 0.491 e. The molecule has 0 fully saturated rings. The van der Waals surface area contributed by atoms with Gasteiger partial charge in [0.2, 0.25) is 0 Å². The number of halogens is 1. The van der Waals surface area contributed by atoms with Gasteiger partial charge in [0.15, 0.2) is 0 Å².